The van der Waals surface area contributed by atoms with E-state index in [1.807, 2.05) is 0 Å². The van der Waals surface area contributed by atoms with E-state index < -0.39 is 13.0 Å². The van der Waals surface area contributed by atoms with Crippen molar-refractivity contribution in [1.29, 1.82) is 0 Å². The third kappa shape index (κ3) is 5.82. The van der Waals surface area contributed by atoms with Crippen molar-refractivity contribution in [3.8, 4) is 0 Å². The van der Waals surface area contributed by atoms with Gasteiger partial charge < -0.3 is 15.0 Å². The van der Waals surface area contributed by atoms with E-state index in [1.54, 1.807) is 7.05 Å². The molecule has 1 N–H and O–H groups in total. The van der Waals surface area contributed by atoms with E-state index in [0.717, 1.165) is 4.90 Å². The Morgan fingerprint density at radius 2 is 2.21 bits per heavy atom. The SMILES string of the molecule is CNCC(=O)N(CCOC)CC(F)F. The van der Waals surface area contributed by atoms with Crippen LogP contribution in [0.3, 0.4) is 0 Å². The van der Waals surface area contributed by atoms with Crippen LogP contribution < -0.4 is 5.32 Å². The second-order valence-electron chi connectivity index (χ2n) is 2.75. The first kappa shape index (κ1) is 13.2. The summed E-state index contributed by atoms with van der Waals surface area (Å²) >= 11 is 0. The molecule has 0 radical (unpaired) electrons. The number of amides is 1. The lowest BCUT2D eigenvalue weighted by molar-refractivity contribution is -0.132. The van der Waals surface area contributed by atoms with Gasteiger partial charge in [0.25, 0.3) is 6.43 Å². The molecule has 0 spiro atoms. The van der Waals surface area contributed by atoms with Crippen molar-refractivity contribution >= 4 is 5.91 Å². The zero-order valence-corrected chi connectivity index (χ0v) is 8.43. The van der Waals surface area contributed by atoms with Crippen molar-refractivity contribution in [2.24, 2.45) is 0 Å². The highest BCUT2D eigenvalue weighted by Gasteiger charge is 2.16. The highest BCUT2D eigenvalue weighted by atomic mass is 19.3. The number of carbonyl (C=O) groups is 1. The Morgan fingerprint density at radius 1 is 1.57 bits per heavy atom. The summed E-state index contributed by atoms with van der Waals surface area (Å²) in [6.45, 7) is -0.0101. The number of alkyl halides is 2. The fourth-order valence-electron chi connectivity index (χ4n) is 0.949. The van der Waals surface area contributed by atoms with Crippen molar-refractivity contribution in [1.82, 2.24) is 10.2 Å². The van der Waals surface area contributed by atoms with Crippen LogP contribution in [0, 0.1) is 0 Å². The Labute approximate surface area is 82.2 Å². The minimum absolute atomic E-state index is 0.0659. The van der Waals surface area contributed by atoms with Crippen LogP contribution in [0.15, 0.2) is 0 Å². The summed E-state index contributed by atoms with van der Waals surface area (Å²) in [5, 5.41) is 2.62. The third-order valence-electron chi connectivity index (χ3n) is 1.60. The molecule has 0 atom stereocenters. The average molecular weight is 210 g/mol. The molecule has 0 aliphatic carbocycles. The van der Waals surface area contributed by atoms with E-state index in [-0.39, 0.29) is 25.6 Å². The summed E-state index contributed by atoms with van der Waals surface area (Å²) < 4.78 is 28.8. The molecule has 0 aliphatic rings. The largest absolute Gasteiger partial charge is 0.383 e. The predicted octanol–water partition coefficient (Wildman–Crippen LogP) is -0.0541. The molecule has 0 unspecified atom stereocenters. The lowest BCUT2D eigenvalue weighted by Gasteiger charge is -2.21. The Hall–Kier alpha value is -0.750. The molecule has 6 heteroatoms. The minimum atomic E-state index is -2.51. The van der Waals surface area contributed by atoms with Gasteiger partial charge in [-0.15, -0.1) is 0 Å². The monoisotopic (exact) mass is 210 g/mol. The van der Waals surface area contributed by atoms with Gasteiger partial charge in [-0.2, -0.15) is 0 Å². The van der Waals surface area contributed by atoms with Crippen LogP contribution in [-0.4, -0.2) is 57.6 Å². The van der Waals surface area contributed by atoms with E-state index in [9.17, 15) is 13.6 Å². The quantitative estimate of drug-likeness (QED) is 0.640. The van der Waals surface area contributed by atoms with Crippen molar-refractivity contribution in [3.05, 3.63) is 0 Å². The van der Waals surface area contributed by atoms with E-state index >= 15 is 0 Å². The molecule has 0 heterocycles. The maximum atomic E-state index is 12.1. The molecule has 4 nitrogen and oxygen atoms in total. The third-order valence-corrected chi connectivity index (χ3v) is 1.60. The molecular weight excluding hydrogens is 194 g/mol. The van der Waals surface area contributed by atoms with Crippen molar-refractivity contribution in [2.45, 2.75) is 6.43 Å². The summed E-state index contributed by atoms with van der Waals surface area (Å²) in [6.07, 6.45) is -2.51. The van der Waals surface area contributed by atoms with Crippen LogP contribution in [0.25, 0.3) is 0 Å². The van der Waals surface area contributed by atoms with Crippen LogP contribution in [0.1, 0.15) is 0 Å². The Bertz CT molecular complexity index is 167. The first-order valence-corrected chi connectivity index (χ1v) is 4.31. The summed E-state index contributed by atoms with van der Waals surface area (Å²) in [5.74, 6) is -0.343. The molecule has 1 amide bonds. The first-order chi connectivity index (χ1) is 6.61. The van der Waals surface area contributed by atoms with Gasteiger partial charge in [-0.3, -0.25) is 4.79 Å². The molecule has 0 aromatic heterocycles. The first-order valence-electron chi connectivity index (χ1n) is 4.31. The molecule has 0 saturated heterocycles. The minimum Gasteiger partial charge on any atom is -0.383 e. The fourth-order valence-corrected chi connectivity index (χ4v) is 0.949. The summed E-state index contributed by atoms with van der Waals surface area (Å²) in [4.78, 5) is 12.3. The number of carbonyl (C=O) groups excluding carboxylic acids is 1. The van der Waals surface area contributed by atoms with Gasteiger partial charge in [-0.25, -0.2) is 8.78 Å². The van der Waals surface area contributed by atoms with Gasteiger partial charge in [0.2, 0.25) is 5.91 Å². The van der Waals surface area contributed by atoms with Crippen LogP contribution >= 0.6 is 0 Å². The predicted molar refractivity (Wildman–Crippen MR) is 48.4 cm³/mol. The average Bonchev–Trinajstić information content (AvgIpc) is 2.12. The highest BCUT2D eigenvalue weighted by Crippen LogP contribution is 1.98. The normalized spacial score (nSPS) is 10.6. The molecule has 14 heavy (non-hydrogen) atoms. The number of methoxy groups -OCH3 is 1. The maximum absolute atomic E-state index is 12.1. The Balaban J connectivity index is 4.01. The van der Waals surface area contributed by atoms with Gasteiger partial charge >= 0.3 is 0 Å². The second kappa shape index (κ2) is 7.64. The molecule has 0 aromatic rings. The van der Waals surface area contributed by atoms with Crippen LogP contribution in [0.5, 0.6) is 0 Å². The standard InChI is InChI=1S/C8H16F2N2O2/c1-11-5-8(13)12(3-4-14-2)6-7(9)10/h7,11H,3-6H2,1-2H3. The highest BCUT2D eigenvalue weighted by molar-refractivity contribution is 5.78. The lowest BCUT2D eigenvalue weighted by atomic mass is 10.4. The number of hydrogen-bond acceptors (Lipinski definition) is 3. The van der Waals surface area contributed by atoms with E-state index in [2.05, 4.69) is 5.32 Å². The van der Waals surface area contributed by atoms with Gasteiger partial charge in [0, 0.05) is 13.7 Å². The fraction of sp³-hybridized carbons (Fsp3) is 0.875. The van der Waals surface area contributed by atoms with Crippen molar-refractivity contribution < 1.29 is 18.3 Å². The molecular formula is C8H16F2N2O2. The number of rotatable bonds is 7. The summed E-state index contributed by atoms with van der Waals surface area (Å²) in [5.41, 5.74) is 0. The van der Waals surface area contributed by atoms with E-state index in [1.165, 1.54) is 7.11 Å². The topological polar surface area (TPSA) is 41.6 Å². The van der Waals surface area contributed by atoms with Crippen molar-refractivity contribution in [3.63, 3.8) is 0 Å². The summed E-state index contributed by atoms with van der Waals surface area (Å²) in [7, 11) is 3.05. The molecule has 0 aromatic carbocycles. The van der Waals surface area contributed by atoms with Gasteiger partial charge in [-0.05, 0) is 7.05 Å². The van der Waals surface area contributed by atoms with Gasteiger partial charge in [0.05, 0.1) is 19.7 Å². The van der Waals surface area contributed by atoms with Gasteiger partial charge in [0.1, 0.15) is 0 Å². The second-order valence-corrected chi connectivity index (χ2v) is 2.75. The maximum Gasteiger partial charge on any atom is 0.255 e. The molecule has 0 rings (SSSR count). The van der Waals surface area contributed by atoms with Crippen LogP contribution in [0.4, 0.5) is 8.78 Å². The zero-order valence-electron chi connectivity index (χ0n) is 8.43. The number of likely N-dealkylation sites (N-methyl/N-ethyl adjacent to an activating group) is 1. The number of halogens is 2. The number of ether oxygens (including phenoxy) is 1. The Kier molecular flexibility index (Phi) is 7.23. The summed E-state index contributed by atoms with van der Waals surface area (Å²) in [6, 6.07) is 0. The molecule has 0 saturated carbocycles. The molecule has 0 fully saturated rings. The number of hydrogen-bond donors (Lipinski definition) is 1. The van der Waals surface area contributed by atoms with E-state index in [0.29, 0.717) is 0 Å². The number of nitrogens with one attached hydrogen (secondary N) is 1. The van der Waals surface area contributed by atoms with Crippen LogP contribution in [0.2, 0.25) is 0 Å². The number of nitrogens with zero attached hydrogens (tertiary/aromatic N) is 1. The van der Waals surface area contributed by atoms with Crippen LogP contribution in [-0.2, 0) is 9.53 Å². The lowest BCUT2D eigenvalue weighted by Crippen LogP contribution is -2.41. The van der Waals surface area contributed by atoms with Crippen molar-refractivity contribution in [2.75, 3.05) is 40.4 Å². The van der Waals surface area contributed by atoms with Gasteiger partial charge in [0.15, 0.2) is 0 Å². The zero-order chi connectivity index (χ0) is 11.0. The smallest absolute Gasteiger partial charge is 0.255 e. The molecule has 0 aliphatic heterocycles. The van der Waals surface area contributed by atoms with E-state index in [4.69, 9.17) is 4.74 Å². The molecule has 0 bridgehead atoms. The molecule has 84 valence electrons. The Morgan fingerprint density at radius 3 is 2.64 bits per heavy atom. The van der Waals surface area contributed by atoms with Gasteiger partial charge in [-0.1, -0.05) is 0 Å².